The molecule has 1 aliphatic rings. The van der Waals surface area contributed by atoms with Crippen LogP contribution in [-0.4, -0.2) is 86.5 Å². The van der Waals surface area contributed by atoms with E-state index in [0.717, 1.165) is 0 Å². The van der Waals surface area contributed by atoms with Crippen molar-refractivity contribution in [2.75, 3.05) is 38.9 Å². The molecule has 0 saturated carbocycles. The van der Waals surface area contributed by atoms with Gasteiger partial charge in [-0.2, -0.15) is 10.2 Å². The lowest BCUT2D eigenvalue weighted by Gasteiger charge is -2.28. The average molecular weight is 633 g/mol. The zero-order valence-corrected chi connectivity index (χ0v) is 25.7. The summed E-state index contributed by atoms with van der Waals surface area (Å²) in [6.07, 6.45) is 6.44. The van der Waals surface area contributed by atoms with Crippen molar-refractivity contribution in [3.63, 3.8) is 0 Å². The average Bonchev–Trinajstić information content (AvgIpc) is 3.78. The van der Waals surface area contributed by atoms with Crippen LogP contribution in [0.2, 0.25) is 0 Å². The van der Waals surface area contributed by atoms with Crippen LogP contribution < -0.4 is 15.4 Å². The summed E-state index contributed by atoms with van der Waals surface area (Å²) in [4.78, 5) is 24.5. The number of methoxy groups -OCH3 is 2. The minimum absolute atomic E-state index is 0.00743. The molecule has 0 amide bonds. The summed E-state index contributed by atoms with van der Waals surface area (Å²) < 4.78 is 45.4. The van der Waals surface area contributed by atoms with Crippen molar-refractivity contribution in [2.45, 2.75) is 31.5 Å². The van der Waals surface area contributed by atoms with Gasteiger partial charge in [-0.3, -0.25) is 14.2 Å². The number of ketones is 1. The van der Waals surface area contributed by atoms with E-state index < -0.39 is 17.4 Å². The number of anilines is 1. The molecule has 6 rings (SSSR count). The van der Waals surface area contributed by atoms with Gasteiger partial charge in [0.2, 0.25) is 0 Å². The number of rotatable bonds is 11. The molecule has 0 spiro atoms. The van der Waals surface area contributed by atoms with Crippen molar-refractivity contribution < 1.29 is 28.2 Å². The number of Topliss-reactive ketones (excluding diaryl/α,β-unsaturated/α-hetero) is 1. The number of aliphatic hydroxyl groups excluding tert-OH is 1. The van der Waals surface area contributed by atoms with Gasteiger partial charge in [-0.1, -0.05) is 0 Å². The summed E-state index contributed by atoms with van der Waals surface area (Å²) in [6.45, 7) is 0.883. The second kappa shape index (κ2) is 12.9. The van der Waals surface area contributed by atoms with Crippen LogP contribution in [0.5, 0.6) is 5.75 Å². The predicted octanol–water partition coefficient (Wildman–Crippen LogP) is 3.15. The highest BCUT2D eigenvalue weighted by atomic mass is 19.1. The number of ether oxygens (including phenoxy) is 2. The van der Waals surface area contributed by atoms with Crippen LogP contribution in [0, 0.1) is 11.6 Å². The van der Waals surface area contributed by atoms with Gasteiger partial charge >= 0.3 is 0 Å². The van der Waals surface area contributed by atoms with Crippen molar-refractivity contribution in [3.8, 4) is 28.3 Å². The van der Waals surface area contributed by atoms with Crippen LogP contribution in [0.15, 0.2) is 49.1 Å². The lowest BCUT2D eigenvalue weighted by atomic mass is 10.00. The molecular formula is C32H34F2N8O4. The Bertz CT molecular complexity index is 1910. The number of aromatic nitrogens is 6. The zero-order valence-electron chi connectivity index (χ0n) is 25.7. The van der Waals surface area contributed by atoms with Crippen LogP contribution in [0.25, 0.3) is 33.4 Å². The maximum Gasteiger partial charge on any atom is 0.185 e. The van der Waals surface area contributed by atoms with Crippen molar-refractivity contribution in [3.05, 3.63) is 71.9 Å². The number of halogens is 2. The smallest absolute Gasteiger partial charge is 0.185 e. The van der Waals surface area contributed by atoms with E-state index in [4.69, 9.17) is 15.2 Å². The van der Waals surface area contributed by atoms with E-state index in [2.05, 4.69) is 20.2 Å². The normalized spacial score (nSPS) is 16.5. The highest BCUT2D eigenvalue weighted by Gasteiger charge is 2.34. The molecule has 0 aliphatic carbocycles. The van der Waals surface area contributed by atoms with Gasteiger partial charge in [0.15, 0.2) is 11.6 Å². The molecule has 4 heterocycles. The molecule has 46 heavy (non-hydrogen) atoms. The third kappa shape index (κ3) is 5.70. The predicted molar refractivity (Wildman–Crippen MR) is 167 cm³/mol. The molecule has 5 aromatic rings. The second-order valence-electron chi connectivity index (χ2n) is 11.2. The zero-order chi connectivity index (χ0) is 32.5. The number of aliphatic hydroxyl groups is 1. The van der Waals surface area contributed by atoms with E-state index in [1.165, 1.54) is 30.1 Å². The Kier molecular flexibility index (Phi) is 8.75. The lowest BCUT2D eigenvalue weighted by molar-refractivity contribution is 0.0988. The number of carbonyl (C=O) groups excluding carboxylic acids is 1. The SMILES string of the molecule is COCCn1ncc2c(N3C[C@@H](N)C[C@H]3CO)c(CC(=O)c3ccnc(-c4c(OC)ccc(-c5cnn(C)c5)c4F)n3)cc(F)c21. The Morgan fingerprint density at radius 3 is 2.72 bits per heavy atom. The summed E-state index contributed by atoms with van der Waals surface area (Å²) in [7, 11) is 4.69. The number of hydrogen-bond donors (Lipinski definition) is 2. The molecule has 3 aromatic heterocycles. The summed E-state index contributed by atoms with van der Waals surface area (Å²) >= 11 is 0. The van der Waals surface area contributed by atoms with Crippen molar-refractivity contribution >= 4 is 22.4 Å². The molecule has 0 radical (unpaired) electrons. The highest BCUT2D eigenvalue weighted by molar-refractivity contribution is 6.01. The maximum absolute atomic E-state index is 16.0. The topological polar surface area (TPSA) is 146 Å². The van der Waals surface area contributed by atoms with Gasteiger partial charge in [-0.25, -0.2) is 18.7 Å². The third-order valence-electron chi connectivity index (χ3n) is 8.23. The molecule has 2 atom stereocenters. The fourth-order valence-corrected chi connectivity index (χ4v) is 6.11. The number of carbonyl (C=O) groups is 1. The van der Waals surface area contributed by atoms with Gasteiger partial charge in [-0.05, 0) is 36.2 Å². The Morgan fingerprint density at radius 1 is 1.17 bits per heavy atom. The van der Waals surface area contributed by atoms with Crippen LogP contribution >= 0.6 is 0 Å². The minimum Gasteiger partial charge on any atom is -0.496 e. The summed E-state index contributed by atoms with van der Waals surface area (Å²) in [5.41, 5.74) is 8.33. The lowest BCUT2D eigenvalue weighted by Crippen LogP contribution is -2.34. The molecule has 2 aromatic carbocycles. The first-order valence-corrected chi connectivity index (χ1v) is 14.7. The van der Waals surface area contributed by atoms with Crippen molar-refractivity contribution in [2.24, 2.45) is 12.8 Å². The fourth-order valence-electron chi connectivity index (χ4n) is 6.11. The fraction of sp³-hybridized carbons (Fsp3) is 0.344. The standard InChI is InChI=1S/C32H34F2N8O4/c1-40-15-19(13-37-40)22-4-5-27(46-3)28(29(22)34)32-36-7-6-25(39-32)26(44)11-18-10-24(33)31-23(14-38-42(31)8-9-45-2)30(18)41-16-20(35)12-21(41)17-43/h4-7,10,13-15,20-21,43H,8-9,11-12,16-17,35H2,1-3H3/t20-,21-/m0/s1. The van der Waals surface area contributed by atoms with Crippen molar-refractivity contribution in [1.82, 2.24) is 29.5 Å². The largest absolute Gasteiger partial charge is 0.496 e. The van der Waals surface area contributed by atoms with Crippen LogP contribution in [0.4, 0.5) is 14.5 Å². The van der Waals surface area contributed by atoms with Gasteiger partial charge in [0, 0.05) is 62.1 Å². The molecule has 1 saturated heterocycles. The van der Waals surface area contributed by atoms with Gasteiger partial charge in [0.05, 0.1) is 56.6 Å². The monoisotopic (exact) mass is 632 g/mol. The molecule has 1 aliphatic heterocycles. The van der Waals surface area contributed by atoms with E-state index in [1.54, 1.807) is 49.6 Å². The molecule has 0 bridgehead atoms. The highest BCUT2D eigenvalue weighted by Crippen LogP contribution is 2.39. The number of benzene rings is 2. The van der Waals surface area contributed by atoms with E-state index in [9.17, 15) is 9.90 Å². The Hall–Kier alpha value is -4.79. The van der Waals surface area contributed by atoms with Crippen molar-refractivity contribution in [1.29, 1.82) is 0 Å². The molecule has 0 unspecified atom stereocenters. The minimum atomic E-state index is -0.627. The van der Waals surface area contributed by atoms with E-state index in [1.807, 2.05) is 4.90 Å². The molecule has 240 valence electrons. The third-order valence-corrected chi connectivity index (χ3v) is 8.23. The first-order valence-electron chi connectivity index (χ1n) is 14.7. The maximum atomic E-state index is 16.0. The van der Waals surface area contributed by atoms with E-state index in [-0.39, 0.29) is 59.0 Å². The second-order valence-corrected chi connectivity index (χ2v) is 11.2. The number of aryl methyl sites for hydroxylation is 1. The molecule has 1 fully saturated rings. The van der Waals surface area contributed by atoms with Gasteiger partial charge in [-0.15, -0.1) is 0 Å². The number of hydrogen-bond acceptors (Lipinski definition) is 10. The summed E-state index contributed by atoms with van der Waals surface area (Å²) in [6, 6.07) is 5.39. The van der Waals surface area contributed by atoms with Crippen LogP contribution in [0.1, 0.15) is 22.5 Å². The first-order chi connectivity index (χ1) is 22.2. The quantitative estimate of drug-likeness (QED) is 0.208. The Labute approximate surface area is 263 Å². The molecule has 3 N–H and O–H groups in total. The van der Waals surface area contributed by atoms with Gasteiger partial charge in [0.1, 0.15) is 28.6 Å². The molecule has 14 heteroatoms. The molecule has 12 nitrogen and oxygen atoms in total. The van der Waals surface area contributed by atoms with Gasteiger partial charge < -0.3 is 25.2 Å². The van der Waals surface area contributed by atoms with Crippen LogP contribution in [-0.2, 0) is 24.8 Å². The Morgan fingerprint density at radius 2 is 2.00 bits per heavy atom. The molecular weight excluding hydrogens is 598 g/mol. The first kappa shape index (κ1) is 31.2. The van der Waals surface area contributed by atoms with Crippen LogP contribution in [0.3, 0.4) is 0 Å². The van der Waals surface area contributed by atoms with E-state index in [0.29, 0.717) is 48.3 Å². The summed E-state index contributed by atoms with van der Waals surface area (Å²) in [5, 5.41) is 19.2. The Balaban J connectivity index is 1.41. The summed E-state index contributed by atoms with van der Waals surface area (Å²) in [5.74, 6) is -1.48. The number of fused-ring (bicyclic) bond motifs is 1. The van der Waals surface area contributed by atoms with E-state index >= 15 is 8.78 Å². The van der Waals surface area contributed by atoms with Gasteiger partial charge in [0.25, 0.3) is 0 Å². The number of nitrogens with zero attached hydrogens (tertiary/aromatic N) is 7. The number of nitrogens with two attached hydrogens (primary N) is 1.